The van der Waals surface area contributed by atoms with Gasteiger partial charge in [-0.3, -0.25) is 9.78 Å². The van der Waals surface area contributed by atoms with Gasteiger partial charge in [0.2, 0.25) is 0 Å². The van der Waals surface area contributed by atoms with Crippen LogP contribution < -0.4 is 4.74 Å². The number of hydrogen-bond acceptors (Lipinski definition) is 4. The fourth-order valence-corrected chi connectivity index (χ4v) is 1.13. The molecule has 0 atom stereocenters. The largest absolute Gasteiger partial charge is 0.492 e. The summed E-state index contributed by atoms with van der Waals surface area (Å²) < 4.78 is 10.0. The normalized spacial score (nSPS) is 9.73. The van der Waals surface area contributed by atoms with Gasteiger partial charge in [-0.05, 0) is 26.0 Å². The molecule has 0 N–H and O–H groups in total. The predicted molar refractivity (Wildman–Crippen MR) is 55.7 cm³/mol. The maximum atomic E-state index is 11.1. The molecule has 4 nitrogen and oxygen atoms in total. The fraction of sp³-hybridized carbons (Fsp3) is 0.455. The topological polar surface area (TPSA) is 48.4 Å². The number of carbonyl (C=O) groups is 1. The summed E-state index contributed by atoms with van der Waals surface area (Å²) in [5.41, 5.74) is 0.692. The lowest BCUT2D eigenvalue weighted by atomic mass is 10.3. The highest BCUT2D eigenvalue weighted by atomic mass is 16.5. The molecule has 0 saturated heterocycles. The van der Waals surface area contributed by atoms with Crippen LogP contribution in [0.2, 0.25) is 0 Å². The lowest BCUT2D eigenvalue weighted by Gasteiger charge is -2.04. The minimum atomic E-state index is -0.255. The van der Waals surface area contributed by atoms with Crippen molar-refractivity contribution in [2.24, 2.45) is 0 Å². The third kappa shape index (κ3) is 3.97. The molecule has 0 aliphatic rings. The zero-order chi connectivity index (χ0) is 11.1. The average molecular weight is 209 g/mol. The molecule has 0 saturated carbocycles. The molecule has 0 aliphatic heterocycles. The van der Waals surface area contributed by atoms with E-state index in [9.17, 15) is 4.79 Å². The van der Waals surface area contributed by atoms with E-state index in [1.54, 1.807) is 25.3 Å². The zero-order valence-electron chi connectivity index (χ0n) is 9.03. The van der Waals surface area contributed by atoms with Crippen molar-refractivity contribution < 1.29 is 14.3 Å². The molecule has 1 rings (SSSR count). The van der Waals surface area contributed by atoms with Gasteiger partial charge < -0.3 is 9.47 Å². The van der Waals surface area contributed by atoms with Crippen molar-refractivity contribution in [1.29, 1.82) is 0 Å². The summed E-state index contributed by atoms with van der Waals surface area (Å²) in [4.78, 5) is 15.2. The van der Waals surface area contributed by atoms with Crippen molar-refractivity contribution in [3.8, 4) is 5.75 Å². The molecule has 0 bridgehead atoms. The Morgan fingerprint density at radius 3 is 2.67 bits per heavy atom. The SMILES string of the molecule is CCOC(=O)Cc1ccc(OCC)cn1. The van der Waals surface area contributed by atoms with Gasteiger partial charge in [0.1, 0.15) is 5.75 Å². The molecule has 0 aliphatic carbocycles. The maximum Gasteiger partial charge on any atom is 0.311 e. The average Bonchev–Trinajstić information content (AvgIpc) is 2.22. The second kappa shape index (κ2) is 6.01. The van der Waals surface area contributed by atoms with Gasteiger partial charge in [-0.1, -0.05) is 0 Å². The van der Waals surface area contributed by atoms with Gasteiger partial charge in [0.15, 0.2) is 0 Å². The van der Waals surface area contributed by atoms with E-state index in [0.717, 1.165) is 0 Å². The van der Waals surface area contributed by atoms with Crippen LogP contribution in [0, 0.1) is 0 Å². The Morgan fingerprint density at radius 2 is 2.13 bits per heavy atom. The first-order valence-corrected chi connectivity index (χ1v) is 4.99. The van der Waals surface area contributed by atoms with Crippen molar-refractivity contribution in [3.05, 3.63) is 24.0 Å². The Hall–Kier alpha value is -1.58. The molecule has 0 spiro atoms. The van der Waals surface area contributed by atoms with Crippen molar-refractivity contribution in [2.45, 2.75) is 20.3 Å². The number of ether oxygens (including phenoxy) is 2. The van der Waals surface area contributed by atoms with Gasteiger partial charge in [0.05, 0.1) is 31.5 Å². The van der Waals surface area contributed by atoms with Crippen molar-refractivity contribution >= 4 is 5.97 Å². The van der Waals surface area contributed by atoms with E-state index in [1.165, 1.54) is 0 Å². The van der Waals surface area contributed by atoms with Gasteiger partial charge in [-0.15, -0.1) is 0 Å². The van der Waals surface area contributed by atoms with E-state index in [2.05, 4.69) is 4.98 Å². The molecule has 1 heterocycles. The van der Waals surface area contributed by atoms with E-state index < -0.39 is 0 Å². The van der Waals surface area contributed by atoms with Crippen LogP contribution in [-0.4, -0.2) is 24.2 Å². The summed E-state index contributed by atoms with van der Waals surface area (Å²) in [6, 6.07) is 3.56. The molecule has 0 fully saturated rings. The number of aromatic nitrogens is 1. The number of nitrogens with zero attached hydrogens (tertiary/aromatic N) is 1. The van der Waals surface area contributed by atoms with Crippen molar-refractivity contribution in [3.63, 3.8) is 0 Å². The lowest BCUT2D eigenvalue weighted by molar-refractivity contribution is -0.142. The van der Waals surface area contributed by atoms with Crippen LogP contribution in [0.25, 0.3) is 0 Å². The van der Waals surface area contributed by atoms with E-state index in [4.69, 9.17) is 9.47 Å². The minimum Gasteiger partial charge on any atom is -0.492 e. The summed E-state index contributed by atoms with van der Waals surface area (Å²) in [7, 11) is 0. The highest BCUT2D eigenvalue weighted by Gasteiger charge is 2.04. The van der Waals surface area contributed by atoms with Crippen molar-refractivity contribution in [1.82, 2.24) is 4.98 Å². The number of hydrogen-bond donors (Lipinski definition) is 0. The summed E-state index contributed by atoms with van der Waals surface area (Å²) in [5, 5.41) is 0. The molecule has 1 aromatic heterocycles. The lowest BCUT2D eigenvalue weighted by Crippen LogP contribution is -2.08. The van der Waals surface area contributed by atoms with Crippen LogP contribution in [0.4, 0.5) is 0 Å². The first-order chi connectivity index (χ1) is 7.26. The Morgan fingerprint density at radius 1 is 1.33 bits per heavy atom. The number of carbonyl (C=O) groups excluding carboxylic acids is 1. The van der Waals surface area contributed by atoms with Crippen LogP contribution in [0.3, 0.4) is 0 Å². The number of rotatable bonds is 5. The first kappa shape index (κ1) is 11.5. The molecule has 0 radical (unpaired) electrons. The fourth-order valence-electron chi connectivity index (χ4n) is 1.13. The third-order valence-corrected chi connectivity index (χ3v) is 1.74. The first-order valence-electron chi connectivity index (χ1n) is 4.99. The van der Waals surface area contributed by atoms with E-state index in [1.807, 2.05) is 6.92 Å². The summed E-state index contributed by atoms with van der Waals surface area (Å²) in [5.74, 6) is 0.458. The summed E-state index contributed by atoms with van der Waals surface area (Å²) in [6.07, 6.45) is 1.82. The van der Waals surface area contributed by atoms with Gasteiger partial charge in [-0.25, -0.2) is 0 Å². The molecule has 0 aromatic carbocycles. The summed E-state index contributed by atoms with van der Waals surface area (Å²) >= 11 is 0. The Kier molecular flexibility index (Phi) is 4.60. The minimum absolute atomic E-state index is 0.209. The Bertz CT molecular complexity index is 308. The highest BCUT2D eigenvalue weighted by molar-refractivity contribution is 5.71. The quantitative estimate of drug-likeness (QED) is 0.691. The van der Waals surface area contributed by atoms with E-state index >= 15 is 0 Å². The standard InChI is InChI=1S/C11H15NO3/c1-3-14-10-6-5-9(12-8-10)7-11(13)15-4-2/h5-6,8H,3-4,7H2,1-2H3. The molecule has 1 aromatic rings. The van der Waals surface area contributed by atoms with E-state index in [-0.39, 0.29) is 12.4 Å². The van der Waals surface area contributed by atoms with Crippen LogP contribution in [0.5, 0.6) is 5.75 Å². The van der Waals surface area contributed by atoms with Crippen LogP contribution in [0.15, 0.2) is 18.3 Å². The Labute approximate surface area is 89.2 Å². The zero-order valence-corrected chi connectivity index (χ0v) is 9.03. The third-order valence-electron chi connectivity index (χ3n) is 1.74. The molecule has 15 heavy (non-hydrogen) atoms. The monoisotopic (exact) mass is 209 g/mol. The second-order valence-corrected chi connectivity index (χ2v) is 2.90. The van der Waals surface area contributed by atoms with Crippen LogP contribution in [-0.2, 0) is 16.0 Å². The second-order valence-electron chi connectivity index (χ2n) is 2.90. The molecular formula is C11H15NO3. The number of pyridine rings is 1. The molecule has 0 amide bonds. The smallest absolute Gasteiger partial charge is 0.311 e. The molecular weight excluding hydrogens is 194 g/mol. The van der Waals surface area contributed by atoms with E-state index in [0.29, 0.717) is 24.7 Å². The molecule has 82 valence electrons. The van der Waals surface area contributed by atoms with Gasteiger partial charge in [-0.2, -0.15) is 0 Å². The Balaban J connectivity index is 2.52. The summed E-state index contributed by atoms with van der Waals surface area (Å²) in [6.45, 7) is 4.70. The van der Waals surface area contributed by atoms with Gasteiger partial charge >= 0.3 is 5.97 Å². The van der Waals surface area contributed by atoms with Crippen LogP contribution >= 0.6 is 0 Å². The molecule has 0 unspecified atom stereocenters. The predicted octanol–water partition coefficient (Wildman–Crippen LogP) is 1.59. The van der Waals surface area contributed by atoms with Gasteiger partial charge in [0.25, 0.3) is 0 Å². The van der Waals surface area contributed by atoms with Crippen molar-refractivity contribution in [2.75, 3.05) is 13.2 Å². The van der Waals surface area contributed by atoms with Crippen LogP contribution in [0.1, 0.15) is 19.5 Å². The van der Waals surface area contributed by atoms with Gasteiger partial charge in [0, 0.05) is 0 Å². The number of esters is 1. The highest BCUT2D eigenvalue weighted by Crippen LogP contribution is 2.09. The maximum absolute atomic E-state index is 11.1. The molecule has 4 heteroatoms.